The molecular weight excluding hydrogens is 540 g/mol. The van der Waals surface area contributed by atoms with Crippen molar-refractivity contribution in [2.75, 3.05) is 5.32 Å². The zero-order valence-electron chi connectivity index (χ0n) is 23.3. The molecule has 4 aromatic rings. The second kappa shape index (κ2) is 12.1. The Morgan fingerprint density at radius 2 is 1.73 bits per heavy atom. The number of aryl methyl sites for hydroxylation is 1. The van der Waals surface area contributed by atoms with Crippen LogP contribution >= 0.6 is 11.6 Å². The number of halogens is 1. The largest absolute Gasteiger partial charge is 0.344 e. The fourth-order valence-corrected chi connectivity index (χ4v) is 5.05. The predicted molar refractivity (Wildman–Crippen MR) is 160 cm³/mol. The van der Waals surface area contributed by atoms with E-state index in [1.54, 1.807) is 41.2 Å². The standard InChI is InChI=1S/C31H33ClN6O3/c1-19(2)38-17-23(10-14-28(38)39)22-9-13-26(32)24(15-22)16-27(35-30(40)21-5-4-6-21)31(41)34-25-11-7-20(8-12-25)29-36-33-18-37(29)3/h7-15,17-19,21,27H,4-6,16H2,1-3H3,(H,34,41)(H,35,40). The normalized spacial score (nSPS) is 14.0. The first kappa shape index (κ1) is 28.3. The maximum atomic E-state index is 13.5. The van der Waals surface area contributed by atoms with E-state index in [4.69, 9.17) is 11.6 Å². The lowest BCUT2D eigenvalue weighted by Gasteiger charge is -2.27. The van der Waals surface area contributed by atoms with Gasteiger partial charge in [-0.05, 0) is 85.8 Å². The van der Waals surface area contributed by atoms with E-state index < -0.39 is 6.04 Å². The zero-order valence-corrected chi connectivity index (χ0v) is 24.1. The molecule has 2 amide bonds. The molecular formula is C31H33ClN6O3. The summed E-state index contributed by atoms with van der Waals surface area (Å²) in [5.74, 6) is 0.186. The average molecular weight is 573 g/mol. The third kappa shape index (κ3) is 6.41. The summed E-state index contributed by atoms with van der Waals surface area (Å²) >= 11 is 6.60. The van der Waals surface area contributed by atoms with Crippen LogP contribution in [0.15, 0.2) is 71.9 Å². The van der Waals surface area contributed by atoms with Crippen molar-refractivity contribution in [3.63, 3.8) is 0 Å². The number of nitrogens with one attached hydrogen (secondary N) is 2. The van der Waals surface area contributed by atoms with Crippen LogP contribution in [0.4, 0.5) is 5.69 Å². The lowest BCUT2D eigenvalue weighted by atomic mass is 9.84. The minimum Gasteiger partial charge on any atom is -0.344 e. The van der Waals surface area contributed by atoms with Gasteiger partial charge in [-0.15, -0.1) is 10.2 Å². The summed E-state index contributed by atoms with van der Waals surface area (Å²) in [6, 6.07) is 15.4. The van der Waals surface area contributed by atoms with E-state index >= 15 is 0 Å². The first-order chi connectivity index (χ1) is 19.7. The summed E-state index contributed by atoms with van der Waals surface area (Å²) in [5.41, 5.74) is 3.84. The van der Waals surface area contributed by atoms with E-state index in [0.29, 0.717) is 16.5 Å². The van der Waals surface area contributed by atoms with Crippen molar-refractivity contribution in [3.8, 4) is 22.5 Å². The number of hydrogen-bond acceptors (Lipinski definition) is 5. The number of carbonyl (C=O) groups is 2. The zero-order chi connectivity index (χ0) is 29.1. The SMILES string of the molecule is CC(C)n1cc(-c2ccc(Cl)c(CC(NC(=O)C3CCC3)C(=O)Nc3ccc(-c4nncn4C)cc3)c2)ccc1=O. The number of pyridine rings is 1. The molecule has 0 radical (unpaired) electrons. The van der Waals surface area contributed by atoms with Crippen LogP contribution in [0.5, 0.6) is 0 Å². The van der Waals surface area contributed by atoms with E-state index in [2.05, 4.69) is 20.8 Å². The fraction of sp³-hybridized carbons (Fsp3) is 0.323. The lowest BCUT2D eigenvalue weighted by molar-refractivity contribution is -0.131. The van der Waals surface area contributed by atoms with Crippen LogP contribution in [0.25, 0.3) is 22.5 Å². The van der Waals surface area contributed by atoms with Crippen LogP contribution in [-0.2, 0) is 23.1 Å². The van der Waals surface area contributed by atoms with Crippen molar-refractivity contribution in [2.45, 2.75) is 51.6 Å². The van der Waals surface area contributed by atoms with Gasteiger partial charge in [0, 0.05) is 54.0 Å². The Morgan fingerprint density at radius 3 is 2.37 bits per heavy atom. The Morgan fingerprint density at radius 1 is 1.02 bits per heavy atom. The molecule has 41 heavy (non-hydrogen) atoms. The molecule has 10 heteroatoms. The molecule has 1 aliphatic carbocycles. The number of aromatic nitrogens is 4. The molecule has 1 fully saturated rings. The van der Waals surface area contributed by atoms with E-state index in [9.17, 15) is 14.4 Å². The molecule has 2 aromatic heterocycles. The number of nitrogens with zero attached hydrogens (tertiary/aromatic N) is 4. The predicted octanol–water partition coefficient (Wildman–Crippen LogP) is 5.01. The van der Waals surface area contributed by atoms with Gasteiger partial charge < -0.3 is 19.8 Å². The maximum absolute atomic E-state index is 13.5. The van der Waals surface area contributed by atoms with Gasteiger partial charge in [0.15, 0.2) is 5.82 Å². The van der Waals surface area contributed by atoms with Gasteiger partial charge in [-0.2, -0.15) is 0 Å². The molecule has 1 saturated carbocycles. The minimum absolute atomic E-state index is 0.0125. The molecule has 0 spiro atoms. The number of anilines is 1. The first-order valence-corrected chi connectivity index (χ1v) is 14.1. The topological polar surface area (TPSA) is 111 Å². The van der Waals surface area contributed by atoms with Gasteiger partial charge in [-0.1, -0.05) is 24.1 Å². The maximum Gasteiger partial charge on any atom is 0.250 e. The van der Waals surface area contributed by atoms with Crippen LogP contribution in [0.1, 0.15) is 44.7 Å². The van der Waals surface area contributed by atoms with Crippen LogP contribution in [0.2, 0.25) is 5.02 Å². The van der Waals surface area contributed by atoms with Crippen LogP contribution in [0, 0.1) is 5.92 Å². The molecule has 1 aliphatic rings. The molecule has 1 unspecified atom stereocenters. The smallest absolute Gasteiger partial charge is 0.250 e. The van der Waals surface area contributed by atoms with Crippen molar-refractivity contribution in [2.24, 2.45) is 13.0 Å². The molecule has 0 saturated heterocycles. The van der Waals surface area contributed by atoms with Crippen molar-refractivity contribution in [3.05, 3.63) is 88.1 Å². The molecule has 2 aromatic carbocycles. The first-order valence-electron chi connectivity index (χ1n) is 13.8. The molecule has 5 rings (SSSR count). The highest BCUT2D eigenvalue weighted by Gasteiger charge is 2.30. The molecule has 0 aliphatic heterocycles. The van der Waals surface area contributed by atoms with Gasteiger partial charge in [0.05, 0.1) is 0 Å². The van der Waals surface area contributed by atoms with Crippen molar-refractivity contribution >= 4 is 29.1 Å². The van der Waals surface area contributed by atoms with Gasteiger partial charge in [-0.3, -0.25) is 14.4 Å². The Balaban J connectivity index is 1.39. The van der Waals surface area contributed by atoms with Crippen LogP contribution in [0.3, 0.4) is 0 Å². The van der Waals surface area contributed by atoms with Crippen molar-refractivity contribution in [1.82, 2.24) is 24.6 Å². The van der Waals surface area contributed by atoms with Gasteiger partial charge in [-0.25, -0.2) is 0 Å². The molecule has 2 N–H and O–H groups in total. The van der Waals surface area contributed by atoms with Crippen LogP contribution in [-0.4, -0.2) is 37.2 Å². The van der Waals surface area contributed by atoms with E-state index in [-0.39, 0.29) is 35.8 Å². The Kier molecular flexibility index (Phi) is 8.35. The summed E-state index contributed by atoms with van der Waals surface area (Å²) < 4.78 is 3.49. The molecule has 1 atom stereocenters. The summed E-state index contributed by atoms with van der Waals surface area (Å²) in [6.07, 6.45) is 6.32. The van der Waals surface area contributed by atoms with Crippen molar-refractivity contribution < 1.29 is 9.59 Å². The summed E-state index contributed by atoms with van der Waals surface area (Å²) in [7, 11) is 1.86. The highest BCUT2D eigenvalue weighted by molar-refractivity contribution is 6.31. The summed E-state index contributed by atoms with van der Waals surface area (Å²) in [4.78, 5) is 38.7. The van der Waals surface area contributed by atoms with Crippen LogP contribution < -0.4 is 16.2 Å². The fourth-order valence-electron chi connectivity index (χ4n) is 4.85. The number of hydrogen-bond donors (Lipinski definition) is 2. The number of carbonyl (C=O) groups excluding carboxylic acids is 2. The van der Waals surface area contributed by atoms with E-state index in [0.717, 1.165) is 41.5 Å². The van der Waals surface area contributed by atoms with E-state index in [1.165, 1.54) is 0 Å². The van der Waals surface area contributed by atoms with E-state index in [1.807, 2.05) is 55.9 Å². The molecule has 212 valence electrons. The number of benzene rings is 2. The Labute approximate surface area is 243 Å². The number of rotatable bonds is 9. The second-order valence-corrected chi connectivity index (χ2v) is 11.2. The highest BCUT2D eigenvalue weighted by atomic mass is 35.5. The third-order valence-electron chi connectivity index (χ3n) is 7.53. The lowest BCUT2D eigenvalue weighted by Crippen LogP contribution is -2.48. The van der Waals surface area contributed by atoms with Gasteiger partial charge in [0.2, 0.25) is 11.8 Å². The molecule has 9 nitrogen and oxygen atoms in total. The summed E-state index contributed by atoms with van der Waals surface area (Å²) in [5, 5.41) is 14.4. The van der Waals surface area contributed by atoms with Crippen molar-refractivity contribution in [1.29, 1.82) is 0 Å². The monoisotopic (exact) mass is 572 g/mol. The average Bonchev–Trinajstić information content (AvgIpc) is 3.34. The Hall–Kier alpha value is -4.24. The van der Waals surface area contributed by atoms with Gasteiger partial charge in [0.25, 0.3) is 5.56 Å². The molecule has 0 bridgehead atoms. The molecule has 2 heterocycles. The van der Waals surface area contributed by atoms with Gasteiger partial charge in [0.1, 0.15) is 12.4 Å². The number of amides is 2. The highest BCUT2D eigenvalue weighted by Crippen LogP contribution is 2.29. The Bertz CT molecular complexity index is 1620. The third-order valence-corrected chi connectivity index (χ3v) is 7.90. The summed E-state index contributed by atoms with van der Waals surface area (Å²) in [6.45, 7) is 3.91. The quantitative estimate of drug-likeness (QED) is 0.293. The minimum atomic E-state index is -0.834. The second-order valence-electron chi connectivity index (χ2n) is 10.8. The van der Waals surface area contributed by atoms with Gasteiger partial charge >= 0.3 is 0 Å².